The first-order valence-electron chi connectivity index (χ1n) is 3.94. The standard InChI is InChI=1S/C7H13N3OS/c1-3-11-6(2)4-8-7-10-9-5-12-7/h5-6H,3-4H2,1-2H3,(H,8,10). The van der Waals surface area contributed by atoms with Crippen molar-refractivity contribution in [3.05, 3.63) is 5.51 Å². The Balaban J connectivity index is 2.17. The molecule has 0 fully saturated rings. The van der Waals surface area contributed by atoms with Gasteiger partial charge < -0.3 is 10.1 Å². The molecule has 0 amide bonds. The minimum atomic E-state index is 0.221. The van der Waals surface area contributed by atoms with Crippen molar-refractivity contribution >= 4 is 16.5 Å². The number of rotatable bonds is 5. The van der Waals surface area contributed by atoms with Crippen molar-refractivity contribution in [3.63, 3.8) is 0 Å². The number of ether oxygens (including phenoxy) is 1. The van der Waals surface area contributed by atoms with Gasteiger partial charge in [0.1, 0.15) is 5.51 Å². The molecule has 0 saturated heterocycles. The Morgan fingerprint density at radius 1 is 1.75 bits per heavy atom. The van der Waals surface area contributed by atoms with E-state index in [-0.39, 0.29) is 6.10 Å². The highest BCUT2D eigenvalue weighted by molar-refractivity contribution is 7.13. The van der Waals surface area contributed by atoms with Crippen LogP contribution in [0.5, 0.6) is 0 Å². The fraction of sp³-hybridized carbons (Fsp3) is 0.714. The number of nitrogens with zero attached hydrogens (tertiary/aromatic N) is 2. The first-order valence-corrected chi connectivity index (χ1v) is 4.82. The van der Waals surface area contributed by atoms with Crippen molar-refractivity contribution < 1.29 is 4.74 Å². The normalized spacial score (nSPS) is 12.8. The molecular weight excluding hydrogens is 174 g/mol. The van der Waals surface area contributed by atoms with Gasteiger partial charge in [-0.1, -0.05) is 11.3 Å². The predicted octanol–water partition coefficient (Wildman–Crippen LogP) is 1.37. The van der Waals surface area contributed by atoms with Gasteiger partial charge in [-0.15, -0.1) is 10.2 Å². The van der Waals surface area contributed by atoms with Crippen molar-refractivity contribution in [3.8, 4) is 0 Å². The predicted molar refractivity (Wildman–Crippen MR) is 49.5 cm³/mol. The van der Waals surface area contributed by atoms with Crippen LogP contribution in [-0.4, -0.2) is 29.5 Å². The Bertz CT molecular complexity index is 202. The molecule has 1 aromatic heterocycles. The molecule has 0 aliphatic carbocycles. The molecular formula is C7H13N3OS. The maximum Gasteiger partial charge on any atom is 0.205 e. The summed E-state index contributed by atoms with van der Waals surface area (Å²) in [7, 11) is 0. The number of anilines is 1. The summed E-state index contributed by atoms with van der Waals surface area (Å²) in [5.41, 5.74) is 1.70. The number of hydrogen-bond donors (Lipinski definition) is 1. The molecule has 68 valence electrons. The lowest BCUT2D eigenvalue weighted by Crippen LogP contribution is -2.19. The Labute approximate surface area is 76.0 Å². The third-order valence-corrected chi connectivity index (χ3v) is 2.00. The van der Waals surface area contributed by atoms with Crippen molar-refractivity contribution in [1.82, 2.24) is 10.2 Å². The van der Waals surface area contributed by atoms with Gasteiger partial charge >= 0.3 is 0 Å². The van der Waals surface area contributed by atoms with E-state index in [1.165, 1.54) is 11.3 Å². The van der Waals surface area contributed by atoms with E-state index in [1.54, 1.807) is 5.51 Å². The lowest BCUT2D eigenvalue weighted by Gasteiger charge is -2.10. The third-order valence-electron chi connectivity index (χ3n) is 1.35. The molecule has 1 atom stereocenters. The van der Waals surface area contributed by atoms with E-state index < -0.39 is 0 Å². The van der Waals surface area contributed by atoms with E-state index in [0.29, 0.717) is 0 Å². The SMILES string of the molecule is CCOC(C)CNc1nncs1. The highest BCUT2D eigenvalue weighted by Crippen LogP contribution is 2.07. The summed E-state index contributed by atoms with van der Waals surface area (Å²) in [5, 5.41) is 11.5. The summed E-state index contributed by atoms with van der Waals surface area (Å²) in [6.07, 6.45) is 0.221. The zero-order valence-corrected chi connectivity index (χ0v) is 8.10. The summed E-state index contributed by atoms with van der Waals surface area (Å²) in [4.78, 5) is 0. The van der Waals surface area contributed by atoms with Gasteiger partial charge in [-0.05, 0) is 13.8 Å². The van der Waals surface area contributed by atoms with Crippen molar-refractivity contribution in [2.75, 3.05) is 18.5 Å². The van der Waals surface area contributed by atoms with Crippen LogP contribution in [0.25, 0.3) is 0 Å². The van der Waals surface area contributed by atoms with Crippen LogP contribution in [0.15, 0.2) is 5.51 Å². The largest absolute Gasteiger partial charge is 0.377 e. The van der Waals surface area contributed by atoms with Crippen molar-refractivity contribution in [2.45, 2.75) is 20.0 Å². The zero-order chi connectivity index (χ0) is 8.81. The van der Waals surface area contributed by atoms with Gasteiger partial charge in [-0.2, -0.15) is 0 Å². The van der Waals surface area contributed by atoms with Crippen LogP contribution in [0.2, 0.25) is 0 Å². The molecule has 1 rings (SSSR count). The Kier molecular flexibility index (Phi) is 3.96. The number of aromatic nitrogens is 2. The average Bonchev–Trinajstić information content (AvgIpc) is 2.53. The second-order valence-electron chi connectivity index (χ2n) is 2.39. The van der Waals surface area contributed by atoms with E-state index >= 15 is 0 Å². The molecule has 0 radical (unpaired) electrons. The molecule has 0 bridgehead atoms. The summed E-state index contributed by atoms with van der Waals surface area (Å²) in [5.74, 6) is 0. The minimum Gasteiger partial charge on any atom is -0.377 e. The van der Waals surface area contributed by atoms with Gasteiger partial charge in [0, 0.05) is 13.2 Å². The molecule has 0 aliphatic rings. The summed E-state index contributed by atoms with van der Waals surface area (Å²) < 4.78 is 5.33. The molecule has 1 heterocycles. The zero-order valence-electron chi connectivity index (χ0n) is 7.28. The second-order valence-corrected chi connectivity index (χ2v) is 3.22. The molecule has 0 aliphatic heterocycles. The highest BCUT2D eigenvalue weighted by atomic mass is 32.1. The van der Waals surface area contributed by atoms with Crippen LogP contribution in [0.1, 0.15) is 13.8 Å². The van der Waals surface area contributed by atoms with Crippen LogP contribution >= 0.6 is 11.3 Å². The van der Waals surface area contributed by atoms with E-state index in [2.05, 4.69) is 15.5 Å². The van der Waals surface area contributed by atoms with E-state index in [9.17, 15) is 0 Å². The van der Waals surface area contributed by atoms with Crippen LogP contribution in [0, 0.1) is 0 Å². The third kappa shape index (κ3) is 3.15. The van der Waals surface area contributed by atoms with Crippen molar-refractivity contribution in [2.24, 2.45) is 0 Å². The van der Waals surface area contributed by atoms with Crippen LogP contribution < -0.4 is 5.32 Å². The molecule has 1 aromatic rings. The summed E-state index contributed by atoms with van der Waals surface area (Å²) >= 11 is 1.49. The maximum absolute atomic E-state index is 5.33. The molecule has 0 saturated carbocycles. The van der Waals surface area contributed by atoms with Gasteiger partial charge in [0.25, 0.3) is 0 Å². The maximum atomic E-state index is 5.33. The quantitative estimate of drug-likeness (QED) is 0.756. The molecule has 4 nitrogen and oxygen atoms in total. The smallest absolute Gasteiger partial charge is 0.205 e. The molecule has 1 unspecified atom stereocenters. The van der Waals surface area contributed by atoms with Gasteiger partial charge in [-0.3, -0.25) is 0 Å². The van der Waals surface area contributed by atoms with Crippen LogP contribution in [-0.2, 0) is 4.74 Å². The van der Waals surface area contributed by atoms with Crippen molar-refractivity contribution in [1.29, 1.82) is 0 Å². The highest BCUT2D eigenvalue weighted by Gasteiger charge is 2.01. The molecule has 1 N–H and O–H groups in total. The Hall–Kier alpha value is -0.680. The van der Waals surface area contributed by atoms with Gasteiger partial charge in [0.15, 0.2) is 0 Å². The molecule has 12 heavy (non-hydrogen) atoms. The minimum absolute atomic E-state index is 0.221. The number of nitrogens with one attached hydrogen (secondary N) is 1. The summed E-state index contributed by atoms with van der Waals surface area (Å²) in [6.45, 7) is 5.54. The van der Waals surface area contributed by atoms with Crippen LogP contribution in [0.3, 0.4) is 0 Å². The van der Waals surface area contributed by atoms with Gasteiger partial charge in [0.05, 0.1) is 6.10 Å². The topological polar surface area (TPSA) is 47.0 Å². The fourth-order valence-corrected chi connectivity index (χ4v) is 1.28. The van der Waals surface area contributed by atoms with E-state index in [0.717, 1.165) is 18.3 Å². The van der Waals surface area contributed by atoms with Gasteiger partial charge in [-0.25, -0.2) is 0 Å². The monoisotopic (exact) mass is 187 g/mol. The Morgan fingerprint density at radius 3 is 3.17 bits per heavy atom. The fourth-order valence-electron chi connectivity index (χ4n) is 0.825. The Morgan fingerprint density at radius 2 is 2.58 bits per heavy atom. The molecule has 0 aromatic carbocycles. The molecule has 5 heteroatoms. The lowest BCUT2D eigenvalue weighted by molar-refractivity contribution is 0.0855. The lowest BCUT2D eigenvalue weighted by atomic mass is 10.4. The average molecular weight is 187 g/mol. The van der Waals surface area contributed by atoms with Gasteiger partial charge in [0.2, 0.25) is 5.13 Å². The number of hydrogen-bond acceptors (Lipinski definition) is 5. The van der Waals surface area contributed by atoms with Crippen LogP contribution in [0.4, 0.5) is 5.13 Å². The first kappa shape index (κ1) is 9.41. The first-order chi connectivity index (χ1) is 5.83. The summed E-state index contributed by atoms with van der Waals surface area (Å²) in [6, 6.07) is 0. The van der Waals surface area contributed by atoms with E-state index in [4.69, 9.17) is 4.74 Å². The van der Waals surface area contributed by atoms with E-state index in [1.807, 2.05) is 13.8 Å². The molecule has 0 spiro atoms. The second kappa shape index (κ2) is 5.05.